The Morgan fingerprint density at radius 3 is 2.80 bits per heavy atom. The van der Waals surface area contributed by atoms with Crippen LogP contribution in [-0.4, -0.2) is 30.6 Å². The van der Waals surface area contributed by atoms with Crippen LogP contribution >= 0.6 is 15.9 Å². The molecular formula is C17H27BrN2. The average molecular weight is 339 g/mol. The van der Waals surface area contributed by atoms with Gasteiger partial charge in [-0.2, -0.15) is 0 Å². The summed E-state index contributed by atoms with van der Waals surface area (Å²) in [6, 6.07) is 7.32. The number of rotatable bonds is 5. The van der Waals surface area contributed by atoms with Gasteiger partial charge in [0, 0.05) is 23.6 Å². The second kappa shape index (κ2) is 7.58. The Morgan fingerprint density at radius 1 is 1.40 bits per heavy atom. The highest BCUT2D eigenvalue weighted by atomic mass is 79.9. The Labute approximate surface area is 132 Å². The molecule has 0 radical (unpaired) electrons. The summed E-state index contributed by atoms with van der Waals surface area (Å²) in [5.41, 5.74) is 2.74. The predicted octanol–water partition coefficient (Wildman–Crippen LogP) is 3.97. The van der Waals surface area contributed by atoms with E-state index in [0.29, 0.717) is 6.04 Å². The molecule has 112 valence electrons. The number of piperidine rings is 1. The molecule has 2 nitrogen and oxygen atoms in total. The lowest BCUT2D eigenvalue weighted by Gasteiger charge is -2.33. The number of halogens is 1. The van der Waals surface area contributed by atoms with E-state index in [9.17, 15) is 0 Å². The normalized spacial score (nSPS) is 19.8. The van der Waals surface area contributed by atoms with Crippen molar-refractivity contribution in [1.29, 1.82) is 0 Å². The fourth-order valence-corrected chi connectivity index (χ4v) is 3.16. The minimum Gasteiger partial charge on any atom is -0.316 e. The van der Waals surface area contributed by atoms with Crippen molar-refractivity contribution >= 4 is 15.9 Å². The van der Waals surface area contributed by atoms with Gasteiger partial charge in [0.25, 0.3) is 0 Å². The first-order valence-corrected chi connectivity index (χ1v) is 8.55. The smallest absolute Gasteiger partial charge is 0.0236 e. The molecule has 0 saturated carbocycles. The summed E-state index contributed by atoms with van der Waals surface area (Å²) in [6.07, 6.45) is 2.70. The summed E-state index contributed by atoms with van der Waals surface area (Å²) in [6.45, 7) is 11.4. The highest BCUT2D eigenvalue weighted by molar-refractivity contribution is 9.10. The zero-order valence-corrected chi connectivity index (χ0v) is 14.5. The van der Waals surface area contributed by atoms with Crippen molar-refractivity contribution in [2.45, 2.75) is 46.2 Å². The SMILES string of the molecule is Cc1cc(CN(CC2CCCNC2)C(C)C)ccc1Br. The van der Waals surface area contributed by atoms with Crippen LogP contribution in [-0.2, 0) is 6.54 Å². The van der Waals surface area contributed by atoms with E-state index < -0.39 is 0 Å². The summed E-state index contributed by atoms with van der Waals surface area (Å²) in [7, 11) is 0. The topological polar surface area (TPSA) is 15.3 Å². The van der Waals surface area contributed by atoms with Gasteiger partial charge in [-0.25, -0.2) is 0 Å². The molecular weight excluding hydrogens is 312 g/mol. The van der Waals surface area contributed by atoms with E-state index in [1.807, 2.05) is 0 Å². The summed E-state index contributed by atoms with van der Waals surface area (Å²) in [5.74, 6) is 0.808. The van der Waals surface area contributed by atoms with Gasteiger partial charge in [-0.1, -0.05) is 28.1 Å². The number of nitrogens with one attached hydrogen (secondary N) is 1. The second-order valence-corrected chi connectivity index (χ2v) is 7.17. The van der Waals surface area contributed by atoms with Gasteiger partial charge >= 0.3 is 0 Å². The molecule has 2 rings (SSSR count). The molecule has 0 spiro atoms. The quantitative estimate of drug-likeness (QED) is 0.873. The van der Waals surface area contributed by atoms with Gasteiger partial charge in [-0.3, -0.25) is 4.90 Å². The third-order valence-electron chi connectivity index (χ3n) is 4.23. The van der Waals surface area contributed by atoms with E-state index in [1.54, 1.807) is 0 Å². The first-order valence-electron chi connectivity index (χ1n) is 7.76. The highest BCUT2D eigenvalue weighted by Gasteiger charge is 2.19. The molecule has 0 amide bonds. The fourth-order valence-electron chi connectivity index (χ4n) is 2.91. The van der Waals surface area contributed by atoms with E-state index in [2.05, 4.69) is 65.1 Å². The third-order valence-corrected chi connectivity index (χ3v) is 5.12. The van der Waals surface area contributed by atoms with Crippen molar-refractivity contribution in [2.24, 2.45) is 5.92 Å². The van der Waals surface area contributed by atoms with E-state index in [0.717, 1.165) is 12.5 Å². The molecule has 1 unspecified atom stereocenters. The largest absolute Gasteiger partial charge is 0.316 e. The molecule has 0 bridgehead atoms. The van der Waals surface area contributed by atoms with Crippen molar-refractivity contribution in [2.75, 3.05) is 19.6 Å². The van der Waals surface area contributed by atoms with Gasteiger partial charge in [-0.15, -0.1) is 0 Å². The standard InChI is InChI=1S/C17H27BrN2/c1-13(2)20(12-16-5-4-8-19-10-16)11-15-6-7-17(18)14(3)9-15/h6-7,9,13,16,19H,4-5,8,10-12H2,1-3H3. The van der Waals surface area contributed by atoms with Gasteiger partial charge < -0.3 is 5.32 Å². The number of nitrogens with zero attached hydrogens (tertiary/aromatic N) is 1. The number of hydrogen-bond acceptors (Lipinski definition) is 2. The molecule has 3 heteroatoms. The lowest BCUT2D eigenvalue weighted by atomic mass is 9.98. The van der Waals surface area contributed by atoms with E-state index in [4.69, 9.17) is 0 Å². The molecule has 1 fully saturated rings. The van der Waals surface area contributed by atoms with Gasteiger partial charge in [0.1, 0.15) is 0 Å². The van der Waals surface area contributed by atoms with Crippen LogP contribution in [0, 0.1) is 12.8 Å². The van der Waals surface area contributed by atoms with Crippen LogP contribution in [0.5, 0.6) is 0 Å². The van der Waals surface area contributed by atoms with Crippen LogP contribution < -0.4 is 5.32 Å². The molecule has 1 atom stereocenters. The van der Waals surface area contributed by atoms with Crippen LogP contribution in [0.3, 0.4) is 0 Å². The maximum atomic E-state index is 3.58. The maximum absolute atomic E-state index is 3.58. The molecule has 0 aliphatic carbocycles. The number of aryl methyl sites for hydroxylation is 1. The lowest BCUT2D eigenvalue weighted by molar-refractivity contribution is 0.164. The zero-order chi connectivity index (χ0) is 14.5. The monoisotopic (exact) mass is 338 g/mol. The zero-order valence-electron chi connectivity index (χ0n) is 13.0. The van der Waals surface area contributed by atoms with Crippen molar-refractivity contribution in [1.82, 2.24) is 10.2 Å². The molecule has 1 heterocycles. The summed E-state index contributed by atoms with van der Waals surface area (Å²) in [5, 5.41) is 3.53. The van der Waals surface area contributed by atoms with Gasteiger partial charge in [0.05, 0.1) is 0 Å². The van der Waals surface area contributed by atoms with Crippen LogP contribution in [0.1, 0.15) is 37.8 Å². The summed E-state index contributed by atoms with van der Waals surface area (Å²) >= 11 is 3.58. The highest BCUT2D eigenvalue weighted by Crippen LogP contribution is 2.20. The Hall–Kier alpha value is -0.380. The van der Waals surface area contributed by atoms with Gasteiger partial charge in [-0.05, 0) is 69.8 Å². The molecule has 0 aromatic heterocycles. The average Bonchev–Trinajstić information content (AvgIpc) is 2.43. The van der Waals surface area contributed by atoms with E-state index in [-0.39, 0.29) is 0 Å². The molecule has 1 N–H and O–H groups in total. The molecule has 1 saturated heterocycles. The number of hydrogen-bond donors (Lipinski definition) is 1. The fraction of sp³-hybridized carbons (Fsp3) is 0.647. The first kappa shape index (κ1) is 16.0. The molecule has 1 aromatic rings. The van der Waals surface area contributed by atoms with E-state index >= 15 is 0 Å². The summed E-state index contributed by atoms with van der Waals surface area (Å²) in [4.78, 5) is 2.61. The van der Waals surface area contributed by atoms with Crippen molar-refractivity contribution in [3.63, 3.8) is 0 Å². The Balaban J connectivity index is 1.99. The van der Waals surface area contributed by atoms with Crippen molar-refractivity contribution in [3.05, 3.63) is 33.8 Å². The maximum Gasteiger partial charge on any atom is 0.0236 e. The van der Waals surface area contributed by atoms with Crippen LogP contribution in [0.15, 0.2) is 22.7 Å². The predicted molar refractivity (Wildman–Crippen MR) is 90.0 cm³/mol. The molecule has 1 aromatic carbocycles. The van der Waals surface area contributed by atoms with Crippen LogP contribution in [0.2, 0.25) is 0 Å². The van der Waals surface area contributed by atoms with Crippen molar-refractivity contribution in [3.8, 4) is 0 Å². The van der Waals surface area contributed by atoms with Gasteiger partial charge in [0.2, 0.25) is 0 Å². The second-order valence-electron chi connectivity index (χ2n) is 6.32. The Morgan fingerprint density at radius 2 is 2.20 bits per heavy atom. The number of benzene rings is 1. The minimum atomic E-state index is 0.598. The third kappa shape index (κ3) is 4.57. The minimum absolute atomic E-state index is 0.598. The Kier molecular flexibility index (Phi) is 6.06. The molecule has 1 aliphatic rings. The lowest BCUT2D eigenvalue weighted by Crippen LogP contribution is -2.40. The van der Waals surface area contributed by atoms with Crippen LogP contribution in [0.4, 0.5) is 0 Å². The Bertz CT molecular complexity index is 425. The molecule has 20 heavy (non-hydrogen) atoms. The van der Waals surface area contributed by atoms with Crippen molar-refractivity contribution < 1.29 is 0 Å². The van der Waals surface area contributed by atoms with Gasteiger partial charge in [0.15, 0.2) is 0 Å². The molecule has 1 aliphatic heterocycles. The van der Waals surface area contributed by atoms with E-state index in [1.165, 1.54) is 48.1 Å². The van der Waals surface area contributed by atoms with Crippen LogP contribution in [0.25, 0.3) is 0 Å². The first-order chi connectivity index (χ1) is 9.56. The summed E-state index contributed by atoms with van der Waals surface area (Å²) < 4.78 is 1.20.